The van der Waals surface area contributed by atoms with Crippen LogP contribution in [-0.2, 0) is 9.59 Å². The second-order valence-electron chi connectivity index (χ2n) is 6.70. The highest BCUT2D eigenvalue weighted by Gasteiger charge is 2.36. The Labute approximate surface area is 171 Å². The number of methoxy groups -OCH3 is 1. The van der Waals surface area contributed by atoms with E-state index in [-0.39, 0.29) is 18.2 Å². The first-order chi connectivity index (χ1) is 13.4. The number of amides is 2. The molecule has 144 valence electrons. The zero-order valence-electron chi connectivity index (χ0n) is 15.4. The molecule has 2 aromatic carbocycles. The first-order valence-electron chi connectivity index (χ1n) is 8.76. The fourth-order valence-electron chi connectivity index (χ4n) is 3.29. The van der Waals surface area contributed by atoms with E-state index in [2.05, 4.69) is 10.3 Å². The largest absolute Gasteiger partial charge is 0.495 e. The molecule has 1 aliphatic heterocycles. The minimum absolute atomic E-state index is 0.0971. The van der Waals surface area contributed by atoms with Gasteiger partial charge in [0.15, 0.2) is 5.13 Å². The number of hydrogen-bond donors (Lipinski definition) is 1. The van der Waals surface area contributed by atoms with Gasteiger partial charge >= 0.3 is 0 Å². The third-order valence-corrected chi connectivity index (χ3v) is 5.87. The average Bonchev–Trinajstić information content (AvgIpc) is 3.24. The first-order valence-corrected chi connectivity index (χ1v) is 9.96. The van der Waals surface area contributed by atoms with Gasteiger partial charge in [-0.2, -0.15) is 0 Å². The summed E-state index contributed by atoms with van der Waals surface area (Å²) >= 11 is 7.36. The molecular formula is C20H18ClN3O3S. The van der Waals surface area contributed by atoms with E-state index in [1.807, 2.05) is 37.3 Å². The summed E-state index contributed by atoms with van der Waals surface area (Å²) in [6.45, 7) is 2.26. The highest BCUT2D eigenvalue weighted by Crippen LogP contribution is 2.35. The number of carbonyl (C=O) groups excluding carboxylic acids is 2. The predicted molar refractivity (Wildman–Crippen MR) is 111 cm³/mol. The number of aryl methyl sites for hydroxylation is 1. The number of ether oxygens (including phenoxy) is 1. The van der Waals surface area contributed by atoms with Gasteiger partial charge in [-0.25, -0.2) is 4.98 Å². The van der Waals surface area contributed by atoms with Crippen LogP contribution < -0.4 is 15.0 Å². The number of halogens is 1. The van der Waals surface area contributed by atoms with Crippen LogP contribution in [0.5, 0.6) is 5.75 Å². The Morgan fingerprint density at radius 1 is 1.32 bits per heavy atom. The lowest BCUT2D eigenvalue weighted by molar-refractivity contribution is -0.122. The van der Waals surface area contributed by atoms with Crippen molar-refractivity contribution < 1.29 is 14.3 Å². The van der Waals surface area contributed by atoms with Crippen LogP contribution in [0.15, 0.2) is 36.4 Å². The van der Waals surface area contributed by atoms with Gasteiger partial charge in [0.25, 0.3) is 0 Å². The number of nitrogens with zero attached hydrogens (tertiary/aromatic N) is 2. The van der Waals surface area contributed by atoms with E-state index in [4.69, 9.17) is 16.3 Å². The van der Waals surface area contributed by atoms with E-state index >= 15 is 0 Å². The van der Waals surface area contributed by atoms with Crippen molar-refractivity contribution in [1.82, 2.24) is 4.98 Å². The van der Waals surface area contributed by atoms with Crippen LogP contribution in [-0.4, -0.2) is 30.5 Å². The van der Waals surface area contributed by atoms with Crippen molar-refractivity contribution in [2.24, 2.45) is 5.92 Å². The van der Waals surface area contributed by atoms with Gasteiger partial charge in [0.05, 0.1) is 28.9 Å². The number of thiazole rings is 1. The summed E-state index contributed by atoms with van der Waals surface area (Å²) in [7, 11) is 1.57. The number of benzene rings is 2. The quantitative estimate of drug-likeness (QED) is 0.691. The molecule has 1 aromatic heterocycles. The van der Waals surface area contributed by atoms with E-state index in [0.29, 0.717) is 28.1 Å². The topological polar surface area (TPSA) is 71.5 Å². The summed E-state index contributed by atoms with van der Waals surface area (Å²) in [4.78, 5) is 31.3. The van der Waals surface area contributed by atoms with Crippen molar-refractivity contribution in [3.63, 3.8) is 0 Å². The Kier molecular flexibility index (Phi) is 4.95. The minimum Gasteiger partial charge on any atom is -0.495 e. The maximum atomic E-state index is 12.7. The predicted octanol–water partition coefficient (Wildman–Crippen LogP) is 4.26. The third-order valence-electron chi connectivity index (χ3n) is 4.70. The van der Waals surface area contributed by atoms with Crippen molar-refractivity contribution in [1.29, 1.82) is 0 Å². The van der Waals surface area contributed by atoms with Gasteiger partial charge in [0, 0.05) is 18.0 Å². The van der Waals surface area contributed by atoms with Crippen LogP contribution in [0.2, 0.25) is 5.02 Å². The maximum Gasteiger partial charge on any atom is 0.231 e. The van der Waals surface area contributed by atoms with Crippen LogP contribution >= 0.6 is 22.9 Å². The zero-order chi connectivity index (χ0) is 19.8. The number of hydrogen-bond acceptors (Lipinski definition) is 5. The Bertz CT molecular complexity index is 1080. The van der Waals surface area contributed by atoms with E-state index < -0.39 is 5.92 Å². The van der Waals surface area contributed by atoms with E-state index in [0.717, 1.165) is 15.8 Å². The standard InChI is InChI=1S/C20H18ClN3O3S/c1-11-3-6-16(27-2)15(7-11)24-10-12(8-18(24)25)19(26)23-20-22-14-5-4-13(21)9-17(14)28-20/h3-7,9,12H,8,10H2,1-2H3,(H,22,23,26). The van der Waals surface area contributed by atoms with Crippen LogP contribution in [0.25, 0.3) is 10.2 Å². The molecule has 8 heteroatoms. The second kappa shape index (κ2) is 7.41. The maximum absolute atomic E-state index is 12.7. The van der Waals surface area contributed by atoms with E-state index in [1.165, 1.54) is 11.3 Å². The molecule has 1 N–H and O–H groups in total. The molecule has 0 radical (unpaired) electrons. The van der Waals surface area contributed by atoms with E-state index in [9.17, 15) is 9.59 Å². The van der Waals surface area contributed by atoms with Crippen molar-refractivity contribution in [2.45, 2.75) is 13.3 Å². The molecule has 28 heavy (non-hydrogen) atoms. The highest BCUT2D eigenvalue weighted by atomic mass is 35.5. The molecule has 1 fully saturated rings. The molecular weight excluding hydrogens is 398 g/mol. The molecule has 4 rings (SSSR count). The molecule has 2 amide bonds. The highest BCUT2D eigenvalue weighted by molar-refractivity contribution is 7.22. The second-order valence-corrected chi connectivity index (χ2v) is 8.17. The summed E-state index contributed by atoms with van der Waals surface area (Å²) in [5.74, 6) is -0.149. The van der Waals surface area contributed by atoms with Gasteiger partial charge in [0.1, 0.15) is 5.75 Å². The molecule has 3 aromatic rings. The number of fused-ring (bicyclic) bond motifs is 1. The Morgan fingerprint density at radius 3 is 2.93 bits per heavy atom. The Morgan fingerprint density at radius 2 is 2.14 bits per heavy atom. The number of aromatic nitrogens is 1. The van der Waals surface area contributed by atoms with Crippen LogP contribution in [0.4, 0.5) is 10.8 Å². The summed E-state index contributed by atoms with van der Waals surface area (Å²) < 4.78 is 6.28. The molecule has 6 nitrogen and oxygen atoms in total. The smallest absolute Gasteiger partial charge is 0.231 e. The summed E-state index contributed by atoms with van der Waals surface area (Å²) in [6.07, 6.45) is 0.152. The average molecular weight is 416 g/mol. The minimum atomic E-state index is -0.451. The number of carbonyl (C=O) groups is 2. The lowest BCUT2D eigenvalue weighted by Gasteiger charge is -2.20. The Hall–Kier alpha value is -2.64. The van der Waals surface area contributed by atoms with Gasteiger partial charge in [-0.15, -0.1) is 0 Å². The third kappa shape index (κ3) is 3.55. The lowest BCUT2D eigenvalue weighted by atomic mass is 10.1. The number of rotatable bonds is 4. The summed E-state index contributed by atoms with van der Waals surface area (Å²) in [5, 5.41) is 3.97. The van der Waals surface area contributed by atoms with Crippen molar-refractivity contribution in [3.8, 4) is 5.75 Å². The Balaban J connectivity index is 1.51. The van der Waals surface area contributed by atoms with Gasteiger partial charge in [-0.1, -0.05) is 29.0 Å². The van der Waals surface area contributed by atoms with E-state index in [1.54, 1.807) is 18.1 Å². The lowest BCUT2D eigenvalue weighted by Crippen LogP contribution is -2.28. The summed E-state index contributed by atoms with van der Waals surface area (Å²) in [5.41, 5.74) is 2.49. The molecule has 0 spiro atoms. The van der Waals surface area contributed by atoms with Crippen LogP contribution in [0.3, 0.4) is 0 Å². The molecule has 1 unspecified atom stereocenters. The normalized spacial score (nSPS) is 16.6. The number of anilines is 2. The molecule has 0 bridgehead atoms. The molecule has 1 saturated heterocycles. The van der Waals surface area contributed by atoms with Crippen molar-refractivity contribution >= 4 is 55.8 Å². The molecule has 1 atom stereocenters. The molecule has 1 aliphatic rings. The number of nitrogens with one attached hydrogen (secondary N) is 1. The fraction of sp³-hybridized carbons (Fsp3) is 0.250. The molecule has 2 heterocycles. The monoisotopic (exact) mass is 415 g/mol. The summed E-state index contributed by atoms with van der Waals surface area (Å²) in [6, 6.07) is 11.0. The molecule has 0 saturated carbocycles. The fourth-order valence-corrected chi connectivity index (χ4v) is 4.43. The first kappa shape index (κ1) is 18.7. The van der Waals surface area contributed by atoms with Gasteiger partial charge in [-0.05, 0) is 42.8 Å². The zero-order valence-corrected chi connectivity index (χ0v) is 16.9. The van der Waals surface area contributed by atoms with Crippen molar-refractivity contribution in [2.75, 3.05) is 23.9 Å². The van der Waals surface area contributed by atoms with Gasteiger partial charge in [-0.3, -0.25) is 9.59 Å². The molecule has 0 aliphatic carbocycles. The van der Waals surface area contributed by atoms with Crippen LogP contribution in [0, 0.1) is 12.8 Å². The van der Waals surface area contributed by atoms with Gasteiger partial charge < -0.3 is 15.0 Å². The van der Waals surface area contributed by atoms with Gasteiger partial charge in [0.2, 0.25) is 11.8 Å². The van der Waals surface area contributed by atoms with Crippen LogP contribution in [0.1, 0.15) is 12.0 Å². The SMILES string of the molecule is COc1ccc(C)cc1N1CC(C(=O)Nc2nc3ccc(Cl)cc3s2)CC1=O. The van der Waals surface area contributed by atoms with Crippen molar-refractivity contribution in [3.05, 3.63) is 47.0 Å².